The van der Waals surface area contributed by atoms with Crippen molar-refractivity contribution >= 4 is 23.1 Å². The molecule has 96 valence electrons. The first-order valence-corrected chi connectivity index (χ1v) is 6.69. The Morgan fingerprint density at radius 3 is 2.32 bits per heavy atom. The normalized spacial score (nSPS) is 14.4. The summed E-state index contributed by atoms with van der Waals surface area (Å²) in [6.45, 7) is 0. The first-order chi connectivity index (χ1) is 9.15. The number of carbonyl (C=O) groups excluding carboxylic acids is 1. The number of carbonyl (C=O) groups is 1. The molecule has 2 N–H and O–H groups in total. The largest absolute Gasteiger partial charge is 0.398 e. The number of benzene rings is 2. The Hall–Kier alpha value is -1.80. The van der Waals surface area contributed by atoms with Crippen molar-refractivity contribution in [3.05, 3.63) is 64.2 Å². The molecule has 0 spiro atoms. The topological polar surface area (TPSA) is 43.1 Å². The van der Waals surface area contributed by atoms with E-state index in [1.165, 1.54) is 11.1 Å². The van der Waals surface area contributed by atoms with Crippen molar-refractivity contribution in [2.24, 2.45) is 5.92 Å². The van der Waals surface area contributed by atoms with Crippen LogP contribution in [0.15, 0.2) is 42.5 Å². The van der Waals surface area contributed by atoms with Gasteiger partial charge in [-0.1, -0.05) is 35.9 Å². The number of anilines is 1. The summed E-state index contributed by atoms with van der Waals surface area (Å²) in [6.07, 6.45) is 1.63. The predicted octanol–water partition coefficient (Wildman–Crippen LogP) is 3.52. The van der Waals surface area contributed by atoms with Crippen molar-refractivity contribution in [1.29, 1.82) is 0 Å². The average Bonchev–Trinajstić information content (AvgIpc) is 2.85. The fourth-order valence-corrected chi connectivity index (χ4v) is 2.84. The molecule has 0 radical (unpaired) electrons. The van der Waals surface area contributed by atoms with Crippen molar-refractivity contribution in [3.8, 4) is 0 Å². The number of ketones is 1. The van der Waals surface area contributed by atoms with Crippen LogP contribution in [0.3, 0.4) is 0 Å². The molecule has 0 aromatic heterocycles. The van der Waals surface area contributed by atoms with Gasteiger partial charge in [-0.25, -0.2) is 0 Å². The van der Waals surface area contributed by atoms with Crippen LogP contribution >= 0.6 is 11.6 Å². The molecule has 19 heavy (non-hydrogen) atoms. The van der Waals surface area contributed by atoms with Gasteiger partial charge in [-0.2, -0.15) is 0 Å². The first kappa shape index (κ1) is 12.2. The van der Waals surface area contributed by atoms with Gasteiger partial charge in [0.2, 0.25) is 0 Å². The molecular weight excluding hydrogens is 258 g/mol. The fraction of sp³-hybridized carbons (Fsp3) is 0.188. The molecular formula is C16H14ClNO. The molecule has 0 fully saturated rings. The summed E-state index contributed by atoms with van der Waals surface area (Å²) in [7, 11) is 0. The van der Waals surface area contributed by atoms with Gasteiger partial charge < -0.3 is 5.73 Å². The molecule has 0 amide bonds. The Balaban J connectivity index is 1.85. The van der Waals surface area contributed by atoms with Crippen molar-refractivity contribution in [1.82, 2.24) is 0 Å². The third-order valence-corrected chi connectivity index (χ3v) is 4.03. The molecule has 2 aromatic rings. The first-order valence-electron chi connectivity index (χ1n) is 6.31. The maximum atomic E-state index is 12.5. The maximum Gasteiger partial charge on any atom is 0.166 e. The van der Waals surface area contributed by atoms with E-state index in [0.717, 1.165) is 12.8 Å². The Labute approximate surface area is 117 Å². The summed E-state index contributed by atoms with van der Waals surface area (Å²) in [5.41, 5.74) is 9.39. The molecule has 3 rings (SSSR count). The van der Waals surface area contributed by atoms with Gasteiger partial charge in [0, 0.05) is 11.5 Å². The number of Topliss-reactive ketones (excluding diaryl/α,β-unsaturated/α-hetero) is 1. The molecule has 2 aromatic carbocycles. The lowest BCUT2D eigenvalue weighted by atomic mass is 9.95. The molecule has 0 bridgehead atoms. The second-order valence-corrected chi connectivity index (χ2v) is 5.38. The van der Waals surface area contributed by atoms with Gasteiger partial charge >= 0.3 is 0 Å². The monoisotopic (exact) mass is 271 g/mol. The third kappa shape index (κ3) is 2.24. The van der Waals surface area contributed by atoms with Gasteiger partial charge in [-0.05, 0) is 42.2 Å². The van der Waals surface area contributed by atoms with Gasteiger partial charge in [0.15, 0.2) is 5.78 Å². The number of halogens is 1. The van der Waals surface area contributed by atoms with Crippen LogP contribution in [-0.4, -0.2) is 5.78 Å². The molecule has 2 nitrogen and oxygen atoms in total. The number of rotatable bonds is 2. The summed E-state index contributed by atoms with van der Waals surface area (Å²) < 4.78 is 0. The van der Waals surface area contributed by atoms with E-state index in [1.807, 2.05) is 12.1 Å². The van der Waals surface area contributed by atoms with E-state index in [-0.39, 0.29) is 11.7 Å². The Bertz CT molecular complexity index is 626. The van der Waals surface area contributed by atoms with Crippen molar-refractivity contribution in [3.63, 3.8) is 0 Å². The van der Waals surface area contributed by atoms with Gasteiger partial charge in [0.25, 0.3) is 0 Å². The highest BCUT2D eigenvalue weighted by Gasteiger charge is 2.27. The van der Waals surface area contributed by atoms with Gasteiger partial charge in [0.1, 0.15) is 0 Å². The van der Waals surface area contributed by atoms with Crippen LogP contribution in [0, 0.1) is 5.92 Å². The molecule has 1 aliphatic rings. The predicted molar refractivity (Wildman–Crippen MR) is 77.5 cm³/mol. The Kier molecular flexibility index (Phi) is 3.03. The molecule has 0 heterocycles. The van der Waals surface area contributed by atoms with Crippen LogP contribution in [0.2, 0.25) is 5.02 Å². The summed E-state index contributed by atoms with van der Waals surface area (Å²) in [5, 5.41) is 0.446. The SMILES string of the molecule is Nc1ccc(C(=O)C2Cc3ccccc3C2)cc1Cl. The van der Waals surface area contributed by atoms with Gasteiger partial charge in [0.05, 0.1) is 10.7 Å². The minimum Gasteiger partial charge on any atom is -0.398 e. The molecule has 0 saturated heterocycles. The summed E-state index contributed by atoms with van der Waals surface area (Å²) >= 11 is 5.98. The van der Waals surface area contributed by atoms with Crippen LogP contribution in [0.5, 0.6) is 0 Å². The van der Waals surface area contributed by atoms with E-state index >= 15 is 0 Å². The van der Waals surface area contributed by atoms with E-state index in [1.54, 1.807) is 18.2 Å². The average molecular weight is 272 g/mol. The highest BCUT2D eigenvalue weighted by molar-refractivity contribution is 6.33. The van der Waals surface area contributed by atoms with Crippen LogP contribution in [0.1, 0.15) is 21.5 Å². The number of hydrogen-bond acceptors (Lipinski definition) is 2. The molecule has 0 atom stereocenters. The zero-order valence-electron chi connectivity index (χ0n) is 10.4. The Morgan fingerprint density at radius 2 is 1.74 bits per heavy atom. The molecule has 0 unspecified atom stereocenters. The Morgan fingerprint density at radius 1 is 1.11 bits per heavy atom. The van der Waals surface area contributed by atoms with Gasteiger partial charge in [-0.15, -0.1) is 0 Å². The van der Waals surface area contributed by atoms with Crippen LogP contribution in [0.25, 0.3) is 0 Å². The zero-order valence-corrected chi connectivity index (χ0v) is 11.2. The molecule has 1 aliphatic carbocycles. The third-order valence-electron chi connectivity index (χ3n) is 3.71. The van der Waals surface area contributed by atoms with E-state index in [0.29, 0.717) is 16.3 Å². The molecule has 3 heteroatoms. The number of nitrogens with two attached hydrogens (primary N) is 1. The second-order valence-electron chi connectivity index (χ2n) is 4.97. The number of nitrogen functional groups attached to an aromatic ring is 1. The zero-order chi connectivity index (χ0) is 13.4. The minimum atomic E-state index is 0.0251. The summed E-state index contributed by atoms with van der Waals surface area (Å²) in [6, 6.07) is 13.3. The lowest BCUT2D eigenvalue weighted by Crippen LogP contribution is -2.15. The second kappa shape index (κ2) is 4.71. The quantitative estimate of drug-likeness (QED) is 0.671. The molecule has 0 aliphatic heterocycles. The van der Waals surface area contributed by atoms with E-state index in [9.17, 15) is 4.79 Å². The van der Waals surface area contributed by atoms with Crippen molar-refractivity contribution in [2.75, 3.05) is 5.73 Å². The van der Waals surface area contributed by atoms with E-state index < -0.39 is 0 Å². The van der Waals surface area contributed by atoms with Crippen LogP contribution in [0.4, 0.5) is 5.69 Å². The minimum absolute atomic E-state index is 0.0251. The summed E-state index contributed by atoms with van der Waals surface area (Å²) in [5.74, 6) is 0.176. The number of fused-ring (bicyclic) bond motifs is 1. The van der Waals surface area contributed by atoms with Gasteiger partial charge in [-0.3, -0.25) is 4.79 Å². The maximum absolute atomic E-state index is 12.5. The van der Waals surface area contributed by atoms with E-state index in [2.05, 4.69) is 12.1 Å². The highest BCUT2D eigenvalue weighted by atomic mass is 35.5. The standard InChI is InChI=1S/C16H14ClNO/c17-14-9-12(5-6-15(14)18)16(19)13-7-10-3-1-2-4-11(10)8-13/h1-6,9,13H,7-8,18H2. The highest BCUT2D eigenvalue weighted by Crippen LogP contribution is 2.30. The van der Waals surface area contributed by atoms with Crippen LogP contribution in [-0.2, 0) is 12.8 Å². The fourth-order valence-electron chi connectivity index (χ4n) is 2.66. The van der Waals surface area contributed by atoms with Crippen molar-refractivity contribution in [2.45, 2.75) is 12.8 Å². The molecule has 0 saturated carbocycles. The van der Waals surface area contributed by atoms with Crippen molar-refractivity contribution < 1.29 is 4.79 Å². The van der Waals surface area contributed by atoms with Crippen LogP contribution < -0.4 is 5.73 Å². The smallest absolute Gasteiger partial charge is 0.166 e. The lowest BCUT2D eigenvalue weighted by Gasteiger charge is -2.09. The summed E-state index contributed by atoms with van der Waals surface area (Å²) in [4.78, 5) is 12.5. The lowest BCUT2D eigenvalue weighted by molar-refractivity contribution is 0.0925. The number of hydrogen-bond donors (Lipinski definition) is 1. The van der Waals surface area contributed by atoms with E-state index in [4.69, 9.17) is 17.3 Å².